The van der Waals surface area contributed by atoms with Crippen molar-refractivity contribution < 1.29 is 9.47 Å². The maximum atomic E-state index is 5.69. The Balaban J connectivity index is 2.18. The van der Waals surface area contributed by atoms with Crippen molar-refractivity contribution in [1.29, 1.82) is 0 Å². The van der Waals surface area contributed by atoms with Gasteiger partial charge in [0, 0.05) is 23.0 Å². The molecule has 3 rings (SSSR count). The summed E-state index contributed by atoms with van der Waals surface area (Å²) in [4.78, 5) is 0. The predicted octanol–water partition coefficient (Wildman–Crippen LogP) is 3.51. The second-order valence-corrected chi connectivity index (χ2v) is 4.79. The van der Waals surface area contributed by atoms with Crippen LogP contribution in [0.4, 0.5) is 0 Å². The second-order valence-electron chi connectivity index (χ2n) is 4.79. The molecule has 0 amide bonds. The highest BCUT2D eigenvalue weighted by molar-refractivity contribution is 5.49. The van der Waals surface area contributed by atoms with Gasteiger partial charge < -0.3 is 9.47 Å². The Morgan fingerprint density at radius 3 is 1.67 bits per heavy atom. The summed E-state index contributed by atoms with van der Waals surface area (Å²) in [5, 5.41) is 0. The Bertz CT molecular complexity index is 457. The van der Waals surface area contributed by atoms with Crippen LogP contribution in [0, 0.1) is 11.8 Å². The first-order chi connectivity index (χ1) is 8.86. The molecular weight excluding hydrogens is 224 g/mol. The average Bonchev–Trinajstić information content (AvgIpc) is 2.44. The molecule has 0 spiro atoms. The Morgan fingerprint density at radius 2 is 1.28 bits per heavy atom. The highest BCUT2D eigenvalue weighted by atomic mass is 16.5. The molecule has 3 aliphatic carbocycles. The fourth-order valence-corrected chi connectivity index (χ4v) is 3.18. The molecular formula is C16H18O2. The van der Waals surface area contributed by atoms with E-state index in [0.29, 0.717) is 11.8 Å². The summed E-state index contributed by atoms with van der Waals surface area (Å²) in [6, 6.07) is 0. The second kappa shape index (κ2) is 4.52. The summed E-state index contributed by atoms with van der Waals surface area (Å²) in [6.07, 6.45) is 14.9. The Kier molecular flexibility index (Phi) is 2.86. The molecule has 0 N–H and O–H groups in total. The molecule has 0 aliphatic heterocycles. The zero-order valence-electron chi connectivity index (χ0n) is 10.8. The third-order valence-electron chi connectivity index (χ3n) is 3.95. The first kappa shape index (κ1) is 11.4. The number of methoxy groups -OCH3 is 2. The van der Waals surface area contributed by atoms with Crippen molar-refractivity contribution in [3.8, 4) is 0 Å². The van der Waals surface area contributed by atoms with Crippen LogP contribution >= 0.6 is 0 Å². The molecule has 2 nitrogen and oxygen atoms in total. The Hall–Kier alpha value is -1.70. The molecule has 2 atom stereocenters. The number of hydrogen-bond acceptors (Lipinski definition) is 2. The van der Waals surface area contributed by atoms with Crippen molar-refractivity contribution in [2.75, 3.05) is 14.2 Å². The van der Waals surface area contributed by atoms with Gasteiger partial charge in [0.05, 0.1) is 14.2 Å². The fraction of sp³-hybridized carbons (Fsp3) is 0.375. The standard InChI is InChI=1S/C16H18O2/c1-17-15-11-7-3-5-9-13(11)16(18-2)14-10-6-4-8-12(14)15/h3-7,9,11,13H,8,10H2,1-2H3. The molecule has 0 radical (unpaired) electrons. The zero-order chi connectivity index (χ0) is 12.5. The van der Waals surface area contributed by atoms with Gasteiger partial charge in [-0.25, -0.2) is 0 Å². The third-order valence-corrected chi connectivity index (χ3v) is 3.95. The molecule has 2 unspecified atom stereocenters. The van der Waals surface area contributed by atoms with Gasteiger partial charge in [-0.1, -0.05) is 36.5 Å². The van der Waals surface area contributed by atoms with E-state index in [1.54, 1.807) is 14.2 Å². The van der Waals surface area contributed by atoms with Crippen LogP contribution in [0.2, 0.25) is 0 Å². The van der Waals surface area contributed by atoms with E-state index >= 15 is 0 Å². The molecule has 0 bridgehead atoms. The van der Waals surface area contributed by atoms with Crippen LogP contribution in [-0.2, 0) is 9.47 Å². The minimum Gasteiger partial charge on any atom is -0.500 e. The van der Waals surface area contributed by atoms with Gasteiger partial charge in [0.2, 0.25) is 0 Å². The largest absolute Gasteiger partial charge is 0.500 e. The summed E-state index contributed by atoms with van der Waals surface area (Å²) in [7, 11) is 3.55. The van der Waals surface area contributed by atoms with E-state index in [1.165, 1.54) is 11.1 Å². The normalized spacial score (nSPS) is 29.2. The topological polar surface area (TPSA) is 18.5 Å². The lowest BCUT2D eigenvalue weighted by Crippen LogP contribution is -2.27. The Labute approximate surface area is 108 Å². The third kappa shape index (κ3) is 1.56. The maximum Gasteiger partial charge on any atom is 0.107 e. The molecule has 0 aromatic carbocycles. The molecule has 0 saturated carbocycles. The summed E-state index contributed by atoms with van der Waals surface area (Å²) < 4.78 is 11.4. The highest BCUT2D eigenvalue weighted by Gasteiger charge is 2.37. The Morgan fingerprint density at radius 1 is 0.833 bits per heavy atom. The molecule has 94 valence electrons. The number of ether oxygens (including phenoxy) is 2. The molecule has 0 aromatic heterocycles. The molecule has 0 fully saturated rings. The number of rotatable bonds is 2. The maximum absolute atomic E-state index is 5.69. The van der Waals surface area contributed by atoms with Crippen molar-refractivity contribution in [2.45, 2.75) is 12.8 Å². The van der Waals surface area contributed by atoms with Crippen molar-refractivity contribution in [1.82, 2.24) is 0 Å². The minimum absolute atomic E-state index is 0.292. The zero-order valence-corrected chi connectivity index (χ0v) is 10.8. The number of allylic oxidation sites excluding steroid dienone is 8. The van der Waals surface area contributed by atoms with E-state index in [2.05, 4.69) is 36.5 Å². The van der Waals surface area contributed by atoms with E-state index in [1.807, 2.05) is 0 Å². The molecule has 0 aromatic rings. The van der Waals surface area contributed by atoms with Crippen LogP contribution in [0.1, 0.15) is 12.8 Å². The predicted molar refractivity (Wildman–Crippen MR) is 71.7 cm³/mol. The quantitative estimate of drug-likeness (QED) is 0.690. The van der Waals surface area contributed by atoms with Crippen molar-refractivity contribution in [3.63, 3.8) is 0 Å². The molecule has 0 heterocycles. The van der Waals surface area contributed by atoms with E-state index < -0.39 is 0 Å². The number of fused-ring (bicyclic) bond motifs is 2. The summed E-state index contributed by atoms with van der Waals surface area (Å²) >= 11 is 0. The summed E-state index contributed by atoms with van der Waals surface area (Å²) in [6.45, 7) is 0. The first-order valence-electron chi connectivity index (χ1n) is 6.41. The summed E-state index contributed by atoms with van der Waals surface area (Å²) in [5.41, 5.74) is 2.64. The van der Waals surface area contributed by atoms with E-state index in [-0.39, 0.29) is 0 Å². The SMILES string of the molecule is COC1=C2CC=CCC2=C(OC)C2C=CC=CC12. The van der Waals surface area contributed by atoms with Crippen LogP contribution in [0.3, 0.4) is 0 Å². The van der Waals surface area contributed by atoms with Crippen LogP contribution in [0.25, 0.3) is 0 Å². The van der Waals surface area contributed by atoms with Gasteiger partial charge in [-0.05, 0) is 12.8 Å². The van der Waals surface area contributed by atoms with Crippen LogP contribution in [0.15, 0.2) is 59.1 Å². The van der Waals surface area contributed by atoms with Gasteiger partial charge in [0.1, 0.15) is 11.5 Å². The van der Waals surface area contributed by atoms with E-state index in [0.717, 1.165) is 24.4 Å². The van der Waals surface area contributed by atoms with E-state index in [9.17, 15) is 0 Å². The van der Waals surface area contributed by atoms with Gasteiger partial charge in [0.15, 0.2) is 0 Å². The average molecular weight is 242 g/mol. The molecule has 18 heavy (non-hydrogen) atoms. The lowest BCUT2D eigenvalue weighted by Gasteiger charge is -2.36. The first-order valence-corrected chi connectivity index (χ1v) is 6.41. The fourth-order valence-electron chi connectivity index (χ4n) is 3.18. The number of hydrogen-bond donors (Lipinski definition) is 0. The van der Waals surface area contributed by atoms with Gasteiger partial charge in [-0.15, -0.1) is 0 Å². The molecule has 0 saturated heterocycles. The van der Waals surface area contributed by atoms with Gasteiger partial charge in [0.25, 0.3) is 0 Å². The van der Waals surface area contributed by atoms with Crippen molar-refractivity contribution in [2.24, 2.45) is 11.8 Å². The van der Waals surface area contributed by atoms with Crippen LogP contribution in [0.5, 0.6) is 0 Å². The van der Waals surface area contributed by atoms with Gasteiger partial charge >= 0.3 is 0 Å². The minimum atomic E-state index is 0.292. The van der Waals surface area contributed by atoms with Crippen molar-refractivity contribution >= 4 is 0 Å². The van der Waals surface area contributed by atoms with E-state index in [4.69, 9.17) is 9.47 Å². The van der Waals surface area contributed by atoms with Crippen LogP contribution in [-0.4, -0.2) is 14.2 Å². The smallest absolute Gasteiger partial charge is 0.107 e. The lowest BCUT2D eigenvalue weighted by molar-refractivity contribution is 0.188. The van der Waals surface area contributed by atoms with Crippen LogP contribution < -0.4 is 0 Å². The van der Waals surface area contributed by atoms with Gasteiger partial charge in [-0.3, -0.25) is 0 Å². The lowest BCUT2D eigenvalue weighted by atomic mass is 9.74. The van der Waals surface area contributed by atoms with Gasteiger partial charge in [-0.2, -0.15) is 0 Å². The van der Waals surface area contributed by atoms with Crippen molar-refractivity contribution in [3.05, 3.63) is 59.1 Å². The molecule has 2 heteroatoms. The summed E-state index contributed by atoms with van der Waals surface area (Å²) in [5.74, 6) is 2.81. The highest BCUT2D eigenvalue weighted by Crippen LogP contribution is 2.45. The monoisotopic (exact) mass is 242 g/mol. The molecule has 3 aliphatic rings.